The number of aromatic nitrogens is 1. The van der Waals surface area contributed by atoms with Crippen LogP contribution in [-0.4, -0.2) is 56.9 Å². The minimum absolute atomic E-state index is 0.115. The van der Waals surface area contributed by atoms with Crippen molar-refractivity contribution in [3.05, 3.63) is 66.0 Å². The van der Waals surface area contributed by atoms with Crippen LogP contribution in [0, 0.1) is 5.92 Å². The molecule has 8 nitrogen and oxygen atoms in total. The van der Waals surface area contributed by atoms with Crippen LogP contribution in [-0.2, 0) is 22.5 Å². The molecule has 2 unspecified atom stereocenters. The second kappa shape index (κ2) is 11.0. The Morgan fingerprint density at radius 2 is 1.85 bits per heavy atom. The Morgan fingerprint density at radius 1 is 1.18 bits per heavy atom. The lowest BCUT2D eigenvalue weighted by Crippen LogP contribution is -2.55. The van der Waals surface area contributed by atoms with Crippen molar-refractivity contribution in [3.8, 4) is 0 Å². The van der Waals surface area contributed by atoms with E-state index < -0.39 is 29.9 Å². The van der Waals surface area contributed by atoms with Crippen LogP contribution < -0.4 is 10.6 Å². The van der Waals surface area contributed by atoms with Crippen LogP contribution in [0.2, 0.25) is 0 Å². The van der Waals surface area contributed by atoms with Crippen LogP contribution in [0.3, 0.4) is 0 Å². The third kappa shape index (κ3) is 6.77. The second-order valence-corrected chi connectivity index (χ2v) is 10.1. The van der Waals surface area contributed by atoms with Crippen LogP contribution in [0.1, 0.15) is 45.7 Å². The number of alkyl carbamates (subject to hydrolysis) is 1. The van der Waals surface area contributed by atoms with Gasteiger partial charge in [0.1, 0.15) is 11.6 Å². The molecule has 3 N–H and O–H groups in total. The summed E-state index contributed by atoms with van der Waals surface area (Å²) in [7, 11) is 0. The Bertz CT molecular complexity index is 946. The molecule has 2 heterocycles. The van der Waals surface area contributed by atoms with Crippen LogP contribution in [0.5, 0.6) is 0 Å². The monoisotopic (exact) mass is 468 g/mol. The molecular formula is C26H36N4O4. The molecule has 0 saturated carbocycles. The summed E-state index contributed by atoms with van der Waals surface area (Å²) in [4.78, 5) is 31.9. The summed E-state index contributed by atoms with van der Waals surface area (Å²) < 4.78 is 5.42. The van der Waals surface area contributed by atoms with E-state index in [1.807, 2.05) is 56.3 Å². The summed E-state index contributed by atoms with van der Waals surface area (Å²) in [5, 5.41) is 17.5. The molecule has 1 aromatic heterocycles. The number of nitrogens with one attached hydrogen (secondary N) is 2. The summed E-state index contributed by atoms with van der Waals surface area (Å²) in [6.07, 6.45) is 1.71. The van der Waals surface area contributed by atoms with Crippen molar-refractivity contribution in [1.82, 2.24) is 20.5 Å². The molecular weight excluding hydrogens is 432 g/mol. The van der Waals surface area contributed by atoms with Crippen molar-refractivity contribution in [2.75, 3.05) is 0 Å². The predicted octanol–water partition coefficient (Wildman–Crippen LogP) is 2.86. The highest BCUT2D eigenvalue weighted by atomic mass is 16.6. The summed E-state index contributed by atoms with van der Waals surface area (Å²) >= 11 is 0. The van der Waals surface area contributed by atoms with E-state index >= 15 is 0 Å². The summed E-state index contributed by atoms with van der Waals surface area (Å²) in [5.41, 5.74) is 1.16. The molecule has 2 aromatic rings. The number of nitrogens with zero attached hydrogens (tertiary/aromatic N) is 2. The number of hydrogen-bond donors (Lipinski definition) is 3. The van der Waals surface area contributed by atoms with E-state index in [9.17, 15) is 14.7 Å². The zero-order valence-corrected chi connectivity index (χ0v) is 20.6. The zero-order chi connectivity index (χ0) is 24.9. The number of benzene rings is 1. The first-order valence-corrected chi connectivity index (χ1v) is 11.7. The summed E-state index contributed by atoms with van der Waals surface area (Å²) in [5.74, 6) is -0.0942. The Kier molecular flexibility index (Phi) is 8.28. The number of aliphatic hydroxyl groups excluding tert-OH is 1. The molecule has 1 aliphatic rings. The Hall–Kier alpha value is -2.97. The second-order valence-electron chi connectivity index (χ2n) is 10.1. The number of pyridine rings is 1. The molecule has 2 amide bonds. The van der Waals surface area contributed by atoms with Gasteiger partial charge in [-0.2, -0.15) is 0 Å². The maximum atomic E-state index is 13.5. The van der Waals surface area contributed by atoms with Gasteiger partial charge in [-0.1, -0.05) is 50.2 Å². The molecule has 1 fully saturated rings. The van der Waals surface area contributed by atoms with E-state index in [4.69, 9.17) is 4.74 Å². The van der Waals surface area contributed by atoms with Crippen molar-refractivity contribution < 1.29 is 19.4 Å². The number of carbonyl (C=O) groups excluding carboxylic acids is 2. The van der Waals surface area contributed by atoms with Crippen molar-refractivity contribution in [2.45, 2.75) is 77.5 Å². The molecule has 0 spiro atoms. The number of rotatable bonds is 8. The van der Waals surface area contributed by atoms with Gasteiger partial charge in [-0.3, -0.25) is 15.1 Å². The lowest BCUT2D eigenvalue weighted by Gasteiger charge is -2.29. The van der Waals surface area contributed by atoms with Gasteiger partial charge in [-0.15, -0.1) is 0 Å². The Labute approximate surface area is 201 Å². The van der Waals surface area contributed by atoms with Gasteiger partial charge in [-0.25, -0.2) is 4.79 Å². The molecule has 0 bridgehead atoms. The predicted molar refractivity (Wildman–Crippen MR) is 130 cm³/mol. The van der Waals surface area contributed by atoms with Gasteiger partial charge in [0.15, 0.2) is 0 Å². The van der Waals surface area contributed by atoms with Gasteiger partial charge in [0.05, 0.1) is 18.3 Å². The van der Waals surface area contributed by atoms with Gasteiger partial charge in [-0.05, 0) is 50.3 Å². The van der Waals surface area contributed by atoms with Crippen molar-refractivity contribution in [3.63, 3.8) is 0 Å². The van der Waals surface area contributed by atoms with Gasteiger partial charge in [0.25, 0.3) is 0 Å². The molecule has 8 heteroatoms. The third-order valence-electron chi connectivity index (χ3n) is 5.70. The average Bonchev–Trinajstić information content (AvgIpc) is 3.09. The van der Waals surface area contributed by atoms with Crippen molar-refractivity contribution in [2.24, 2.45) is 5.92 Å². The van der Waals surface area contributed by atoms with Gasteiger partial charge in [0, 0.05) is 18.9 Å². The van der Waals surface area contributed by atoms with E-state index in [1.165, 1.54) is 0 Å². The van der Waals surface area contributed by atoms with Crippen LogP contribution >= 0.6 is 0 Å². The molecule has 1 aliphatic heterocycles. The summed E-state index contributed by atoms with van der Waals surface area (Å²) in [6, 6.07) is 11.7. The Morgan fingerprint density at radius 3 is 2.44 bits per heavy atom. The van der Waals surface area contributed by atoms with E-state index in [2.05, 4.69) is 15.6 Å². The fraction of sp³-hybridized carbons (Fsp3) is 0.500. The summed E-state index contributed by atoms with van der Waals surface area (Å²) in [6.45, 7) is 9.77. The van der Waals surface area contributed by atoms with E-state index in [1.54, 1.807) is 38.1 Å². The fourth-order valence-corrected chi connectivity index (χ4v) is 4.14. The molecule has 0 aliphatic carbocycles. The standard InChI is InChI=1S/C26H36N4O4/c1-17(2)23-29-21(24(32)30(23)16-19-12-9-13-27-15-19)22(31)20(14-18-10-7-6-8-11-18)28-25(33)34-26(3,4)5/h6-13,15,17,20-23,29,31H,14,16H2,1-5H3,(H,28,33)/t20-,21?,22+,23?/m0/s1. The highest BCUT2D eigenvalue weighted by Crippen LogP contribution is 2.24. The maximum Gasteiger partial charge on any atom is 0.407 e. The zero-order valence-electron chi connectivity index (χ0n) is 20.6. The molecule has 184 valence electrons. The van der Waals surface area contributed by atoms with Crippen LogP contribution in [0.25, 0.3) is 0 Å². The quantitative estimate of drug-likeness (QED) is 0.550. The number of aliphatic hydroxyl groups is 1. The fourth-order valence-electron chi connectivity index (χ4n) is 4.14. The molecule has 4 atom stereocenters. The lowest BCUT2D eigenvalue weighted by atomic mass is 9.96. The third-order valence-corrected chi connectivity index (χ3v) is 5.70. The largest absolute Gasteiger partial charge is 0.444 e. The van der Waals surface area contributed by atoms with Gasteiger partial charge >= 0.3 is 6.09 Å². The molecule has 1 aromatic carbocycles. The molecule has 1 saturated heterocycles. The van der Waals surface area contributed by atoms with Crippen LogP contribution in [0.4, 0.5) is 4.79 Å². The minimum Gasteiger partial charge on any atom is -0.444 e. The molecule has 0 radical (unpaired) electrons. The maximum absolute atomic E-state index is 13.5. The number of carbonyl (C=O) groups is 2. The van der Waals surface area contributed by atoms with Gasteiger partial charge in [0.2, 0.25) is 5.91 Å². The SMILES string of the molecule is CC(C)C1NC([C@H](O)[C@H](Cc2ccccc2)NC(=O)OC(C)(C)C)C(=O)N1Cc1cccnc1. The number of amides is 2. The average molecular weight is 469 g/mol. The molecule has 34 heavy (non-hydrogen) atoms. The number of ether oxygens (including phenoxy) is 1. The normalized spacial score (nSPS) is 20.3. The number of hydrogen-bond acceptors (Lipinski definition) is 6. The van der Waals surface area contributed by atoms with E-state index in [0.29, 0.717) is 13.0 Å². The van der Waals surface area contributed by atoms with E-state index in [0.717, 1.165) is 11.1 Å². The van der Waals surface area contributed by atoms with Crippen molar-refractivity contribution in [1.29, 1.82) is 0 Å². The highest BCUT2D eigenvalue weighted by molar-refractivity contribution is 5.85. The smallest absolute Gasteiger partial charge is 0.407 e. The topological polar surface area (TPSA) is 104 Å². The van der Waals surface area contributed by atoms with Crippen molar-refractivity contribution >= 4 is 12.0 Å². The van der Waals surface area contributed by atoms with E-state index in [-0.39, 0.29) is 18.0 Å². The Balaban J connectivity index is 1.82. The first kappa shape index (κ1) is 25.6. The van der Waals surface area contributed by atoms with Crippen LogP contribution in [0.15, 0.2) is 54.9 Å². The first-order chi connectivity index (χ1) is 16.0. The molecule has 3 rings (SSSR count). The lowest BCUT2D eigenvalue weighted by molar-refractivity contribution is -0.133. The van der Waals surface area contributed by atoms with Gasteiger partial charge < -0.3 is 20.1 Å². The highest BCUT2D eigenvalue weighted by Gasteiger charge is 2.46. The minimum atomic E-state index is -1.17. The first-order valence-electron chi connectivity index (χ1n) is 11.7.